The van der Waals surface area contributed by atoms with Crippen LogP contribution in [-0.2, 0) is 0 Å². The summed E-state index contributed by atoms with van der Waals surface area (Å²) in [5, 5.41) is 0. The van der Waals surface area contributed by atoms with Crippen molar-refractivity contribution in [3.8, 4) is 11.8 Å². The van der Waals surface area contributed by atoms with E-state index >= 15 is 0 Å². The van der Waals surface area contributed by atoms with E-state index in [1.165, 1.54) is 57.8 Å². The van der Waals surface area contributed by atoms with Gasteiger partial charge in [-0.2, -0.15) is 0 Å². The van der Waals surface area contributed by atoms with Crippen molar-refractivity contribution in [2.24, 2.45) is 17.8 Å². The van der Waals surface area contributed by atoms with E-state index in [1.807, 2.05) is 0 Å². The molecule has 29 heavy (non-hydrogen) atoms. The van der Waals surface area contributed by atoms with Crippen LogP contribution in [0.25, 0.3) is 0 Å². The summed E-state index contributed by atoms with van der Waals surface area (Å²) in [6.45, 7) is 4.48. The quantitative estimate of drug-likeness (QED) is 0.332. The maximum Gasteiger partial charge on any atom is 0.142 e. The molecule has 2 fully saturated rings. The number of hydrogen-bond acceptors (Lipinski definition) is 0. The number of hydrogen-bond donors (Lipinski definition) is 0. The SMILES string of the molecule is CCCCC[C@H]1CC[C@H](c2cc(F)c(C#CC3CCC(CC)CC3)c(F)c2)CC1. The molecule has 1 aromatic rings. The van der Waals surface area contributed by atoms with Crippen molar-refractivity contribution >= 4 is 0 Å². The van der Waals surface area contributed by atoms with Gasteiger partial charge in [-0.25, -0.2) is 8.78 Å². The molecule has 0 nitrogen and oxygen atoms in total. The van der Waals surface area contributed by atoms with E-state index in [0.29, 0.717) is 11.8 Å². The third kappa shape index (κ3) is 6.31. The summed E-state index contributed by atoms with van der Waals surface area (Å²) < 4.78 is 29.4. The van der Waals surface area contributed by atoms with Crippen LogP contribution in [0.5, 0.6) is 0 Å². The van der Waals surface area contributed by atoms with Crippen molar-refractivity contribution in [3.05, 3.63) is 34.9 Å². The van der Waals surface area contributed by atoms with Gasteiger partial charge in [0.15, 0.2) is 0 Å². The highest BCUT2D eigenvalue weighted by molar-refractivity contribution is 5.40. The minimum absolute atomic E-state index is 0.0281. The average molecular weight is 401 g/mol. The summed E-state index contributed by atoms with van der Waals surface area (Å²) in [4.78, 5) is 0. The van der Waals surface area contributed by atoms with Gasteiger partial charge in [-0.05, 0) is 86.8 Å². The van der Waals surface area contributed by atoms with Crippen LogP contribution in [0.1, 0.15) is 114 Å². The van der Waals surface area contributed by atoms with Gasteiger partial charge in [0.1, 0.15) is 11.6 Å². The third-order valence-corrected chi connectivity index (χ3v) is 7.42. The zero-order chi connectivity index (χ0) is 20.6. The van der Waals surface area contributed by atoms with Crippen LogP contribution in [0.15, 0.2) is 12.1 Å². The molecule has 2 heteroatoms. The van der Waals surface area contributed by atoms with Gasteiger partial charge in [-0.1, -0.05) is 57.8 Å². The molecule has 0 radical (unpaired) electrons. The molecule has 2 aliphatic carbocycles. The van der Waals surface area contributed by atoms with Crippen molar-refractivity contribution in [1.29, 1.82) is 0 Å². The van der Waals surface area contributed by atoms with E-state index in [9.17, 15) is 8.78 Å². The fourth-order valence-corrected chi connectivity index (χ4v) is 5.30. The fourth-order valence-electron chi connectivity index (χ4n) is 5.30. The van der Waals surface area contributed by atoms with E-state index in [0.717, 1.165) is 43.1 Å². The second kappa shape index (κ2) is 11.1. The zero-order valence-corrected chi connectivity index (χ0v) is 18.4. The van der Waals surface area contributed by atoms with Crippen molar-refractivity contribution < 1.29 is 8.78 Å². The van der Waals surface area contributed by atoms with Gasteiger partial charge in [-0.3, -0.25) is 0 Å². The lowest BCUT2D eigenvalue weighted by Crippen LogP contribution is -2.14. The van der Waals surface area contributed by atoms with Crippen molar-refractivity contribution in [1.82, 2.24) is 0 Å². The van der Waals surface area contributed by atoms with Crippen LogP contribution < -0.4 is 0 Å². The largest absolute Gasteiger partial charge is 0.206 e. The first-order valence-corrected chi connectivity index (χ1v) is 12.1. The molecule has 0 aromatic heterocycles. The molecule has 0 spiro atoms. The summed E-state index contributed by atoms with van der Waals surface area (Å²) in [6.07, 6.45) is 15.5. The van der Waals surface area contributed by atoms with Gasteiger partial charge < -0.3 is 0 Å². The van der Waals surface area contributed by atoms with Gasteiger partial charge in [0.2, 0.25) is 0 Å². The normalized spacial score (nSPS) is 27.3. The first kappa shape index (κ1) is 22.3. The molecule has 1 aromatic carbocycles. The second-order valence-electron chi connectivity index (χ2n) is 9.47. The molecular weight excluding hydrogens is 362 g/mol. The Hall–Kier alpha value is -1.36. The van der Waals surface area contributed by atoms with Crippen molar-refractivity contribution in [3.63, 3.8) is 0 Å². The number of unbranched alkanes of at least 4 members (excludes halogenated alkanes) is 2. The Morgan fingerprint density at radius 1 is 0.828 bits per heavy atom. The molecule has 0 unspecified atom stereocenters. The lowest BCUT2D eigenvalue weighted by atomic mass is 9.77. The van der Waals surface area contributed by atoms with E-state index in [2.05, 4.69) is 25.7 Å². The monoisotopic (exact) mass is 400 g/mol. The summed E-state index contributed by atoms with van der Waals surface area (Å²) in [5.41, 5.74) is 0.806. The maximum atomic E-state index is 14.7. The first-order chi connectivity index (χ1) is 14.1. The van der Waals surface area contributed by atoms with E-state index in [1.54, 1.807) is 12.1 Å². The van der Waals surface area contributed by atoms with E-state index in [-0.39, 0.29) is 5.56 Å². The van der Waals surface area contributed by atoms with E-state index < -0.39 is 11.6 Å². The Morgan fingerprint density at radius 2 is 1.45 bits per heavy atom. The Kier molecular flexibility index (Phi) is 8.58. The molecule has 0 heterocycles. The standard InChI is InChI=1S/C27H38F2/c1-3-5-6-7-21-12-15-23(16-13-21)24-18-26(28)25(27(29)19-24)17-14-22-10-8-20(4-2)9-11-22/h18-23H,3-13,15-16H2,1-2H3/t20?,21-,22?,23-. The fraction of sp³-hybridized carbons (Fsp3) is 0.704. The lowest BCUT2D eigenvalue weighted by Gasteiger charge is -2.29. The van der Waals surface area contributed by atoms with Crippen LogP contribution in [0, 0.1) is 41.2 Å². The number of rotatable bonds is 6. The summed E-state index contributed by atoms with van der Waals surface area (Å²) >= 11 is 0. The number of benzene rings is 1. The molecule has 0 bridgehead atoms. The molecule has 0 saturated heterocycles. The molecule has 3 rings (SSSR count). The van der Waals surface area contributed by atoms with Crippen LogP contribution in [0.2, 0.25) is 0 Å². The molecule has 0 aliphatic heterocycles. The molecular formula is C27H38F2. The molecule has 0 amide bonds. The Bertz CT molecular complexity index is 672. The Balaban J connectivity index is 1.58. The lowest BCUT2D eigenvalue weighted by molar-refractivity contribution is 0.302. The van der Waals surface area contributed by atoms with Gasteiger partial charge in [0.25, 0.3) is 0 Å². The first-order valence-electron chi connectivity index (χ1n) is 12.1. The van der Waals surface area contributed by atoms with Crippen LogP contribution in [0.4, 0.5) is 8.78 Å². The highest BCUT2D eigenvalue weighted by Crippen LogP contribution is 2.38. The average Bonchev–Trinajstić information content (AvgIpc) is 2.74. The highest BCUT2D eigenvalue weighted by atomic mass is 19.1. The minimum atomic E-state index is -0.472. The minimum Gasteiger partial charge on any atom is -0.206 e. The summed E-state index contributed by atoms with van der Waals surface area (Å²) in [5.74, 6) is 7.27. The van der Waals surface area contributed by atoms with Crippen LogP contribution >= 0.6 is 0 Å². The predicted octanol–water partition coefficient (Wildman–Crippen LogP) is 8.39. The molecule has 2 aliphatic rings. The van der Waals surface area contributed by atoms with Gasteiger partial charge in [0.05, 0.1) is 5.56 Å². The molecule has 0 atom stereocenters. The molecule has 0 N–H and O–H groups in total. The van der Waals surface area contributed by atoms with E-state index in [4.69, 9.17) is 0 Å². The highest BCUT2D eigenvalue weighted by Gasteiger charge is 2.24. The summed E-state index contributed by atoms with van der Waals surface area (Å²) in [6, 6.07) is 3.12. The smallest absolute Gasteiger partial charge is 0.142 e. The van der Waals surface area contributed by atoms with Crippen LogP contribution in [-0.4, -0.2) is 0 Å². The molecule has 2 saturated carbocycles. The second-order valence-corrected chi connectivity index (χ2v) is 9.47. The number of halogens is 2. The third-order valence-electron chi connectivity index (χ3n) is 7.42. The summed E-state index contributed by atoms with van der Waals surface area (Å²) in [7, 11) is 0. The van der Waals surface area contributed by atoms with Gasteiger partial charge in [0, 0.05) is 5.92 Å². The zero-order valence-electron chi connectivity index (χ0n) is 18.4. The van der Waals surface area contributed by atoms with Crippen LogP contribution in [0.3, 0.4) is 0 Å². The topological polar surface area (TPSA) is 0 Å². The van der Waals surface area contributed by atoms with Gasteiger partial charge >= 0.3 is 0 Å². The van der Waals surface area contributed by atoms with Gasteiger partial charge in [-0.15, -0.1) is 0 Å². The predicted molar refractivity (Wildman–Crippen MR) is 118 cm³/mol. The molecule has 160 valence electrons. The van der Waals surface area contributed by atoms with Crippen molar-refractivity contribution in [2.75, 3.05) is 0 Å². The Morgan fingerprint density at radius 3 is 2.03 bits per heavy atom. The Labute approximate surface area is 176 Å². The maximum absolute atomic E-state index is 14.7. The van der Waals surface area contributed by atoms with Crippen molar-refractivity contribution in [2.45, 2.75) is 103 Å².